The van der Waals surface area contributed by atoms with Crippen molar-refractivity contribution in [3.63, 3.8) is 0 Å². The van der Waals surface area contributed by atoms with Crippen molar-refractivity contribution < 1.29 is 23.0 Å². The molecular formula is C12H11F3O2. The first-order chi connectivity index (χ1) is 7.97. The highest BCUT2D eigenvalue weighted by atomic mass is 19.4. The standard InChI is InChI=1S/C12H11F3O2/c13-12(14,15)7-6-11(16)9-17-8-10-4-2-1-3-5-10/h1-5,11,16H,8-9H2/t11-/m0/s1. The normalized spacial score (nSPS) is 12.7. The Balaban J connectivity index is 2.29. The molecule has 17 heavy (non-hydrogen) atoms. The minimum Gasteiger partial charge on any atom is -0.378 e. The molecule has 2 nitrogen and oxygen atoms in total. The molecule has 0 unspecified atom stereocenters. The quantitative estimate of drug-likeness (QED) is 0.822. The first-order valence-corrected chi connectivity index (χ1v) is 4.86. The van der Waals surface area contributed by atoms with E-state index in [2.05, 4.69) is 0 Å². The summed E-state index contributed by atoms with van der Waals surface area (Å²) >= 11 is 0. The summed E-state index contributed by atoms with van der Waals surface area (Å²) in [6.07, 6.45) is -6.01. The van der Waals surface area contributed by atoms with Crippen LogP contribution in [0, 0.1) is 11.8 Å². The Labute approximate surface area is 97.0 Å². The van der Waals surface area contributed by atoms with E-state index in [0.29, 0.717) is 0 Å². The molecule has 0 aliphatic rings. The van der Waals surface area contributed by atoms with Crippen molar-refractivity contribution in [1.82, 2.24) is 0 Å². The second-order valence-corrected chi connectivity index (χ2v) is 3.28. The summed E-state index contributed by atoms with van der Waals surface area (Å²) in [6, 6.07) is 9.10. The third kappa shape index (κ3) is 6.61. The van der Waals surface area contributed by atoms with Crippen molar-refractivity contribution in [2.24, 2.45) is 0 Å². The molecule has 1 N–H and O–H groups in total. The van der Waals surface area contributed by atoms with Crippen molar-refractivity contribution in [3.05, 3.63) is 35.9 Å². The predicted octanol–water partition coefficient (Wildman–Crippen LogP) is 2.13. The summed E-state index contributed by atoms with van der Waals surface area (Å²) in [5.41, 5.74) is 0.878. The van der Waals surface area contributed by atoms with Gasteiger partial charge in [0.2, 0.25) is 0 Å². The van der Waals surface area contributed by atoms with Crippen molar-refractivity contribution in [2.45, 2.75) is 18.9 Å². The zero-order valence-corrected chi connectivity index (χ0v) is 8.87. The molecule has 1 aromatic rings. The fourth-order valence-corrected chi connectivity index (χ4v) is 1.07. The lowest BCUT2D eigenvalue weighted by Crippen LogP contribution is -2.14. The number of aliphatic hydroxyl groups excluding tert-OH is 1. The summed E-state index contributed by atoms with van der Waals surface area (Å²) in [7, 11) is 0. The maximum absolute atomic E-state index is 11.7. The molecule has 0 spiro atoms. The number of hydrogen-bond acceptors (Lipinski definition) is 2. The highest BCUT2D eigenvalue weighted by Gasteiger charge is 2.23. The first kappa shape index (κ1) is 13.6. The molecule has 0 saturated heterocycles. The molecular weight excluding hydrogens is 233 g/mol. The highest BCUT2D eigenvalue weighted by Crippen LogP contribution is 2.11. The number of rotatable bonds is 4. The lowest BCUT2D eigenvalue weighted by molar-refractivity contribution is -0.0701. The molecule has 0 radical (unpaired) electrons. The Bertz CT molecular complexity index is 390. The van der Waals surface area contributed by atoms with Crippen molar-refractivity contribution >= 4 is 0 Å². The van der Waals surface area contributed by atoms with E-state index < -0.39 is 12.3 Å². The third-order valence-electron chi connectivity index (χ3n) is 1.77. The molecule has 1 aromatic carbocycles. The van der Waals surface area contributed by atoms with Crippen LogP contribution in [0.3, 0.4) is 0 Å². The smallest absolute Gasteiger partial charge is 0.378 e. The van der Waals surface area contributed by atoms with E-state index in [-0.39, 0.29) is 13.2 Å². The molecule has 1 atom stereocenters. The molecule has 0 bridgehead atoms. The molecule has 5 heteroatoms. The Kier molecular flexibility index (Phi) is 5.01. The maximum atomic E-state index is 11.7. The van der Waals surface area contributed by atoms with Crippen LogP contribution in [0.25, 0.3) is 0 Å². The molecule has 0 aromatic heterocycles. The Morgan fingerprint density at radius 3 is 2.47 bits per heavy atom. The van der Waals surface area contributed by atoms with Gasteiger partial charge in [0.1, 0.15) is 6.10 Å². The average Bonchev–Trinajstić information content (AvgIpc) is 2.27. The molecule has 92 valence electrons. The zero-order valence-electron chi connectivity index (χ0n) is 8.87. The lowest BCUT2D eigenvalue weighted by Gasteiger charge is -2.05. The Morgan fingerprint density at radius 1 is 1.24 bits per heavy atom. The van der Waals surface area contributed by atoms with Gasteiger partial charge >= 0.3 is 6.18 Å². The van der Waals surface area contributed by atoms with Crippen LogP contribution in [0.4, 0.5) is 13.2 Å². The number of benzene rings is 1. The molecule has 0 amide bonds. The second kappa shape index (κ2) is 6.28. The minimum absolute atomic E-state index is 0.228. The van der Waals surface area contributed by atoms with Crippen LogP contribution in [0.1, 0.15) is 5.56 Å². The van der Waals surface area contributed by atoms with Crippen LogP contribution in [0.5, 0.6) is 0 Å². The Hall–Kier alpha value is -1.51. The van der Waals surface area contributed by atoms with Gasteiger partial charge in [-0.05, 0) is 5.56 Å². The molecule has 0 aliphatic heterocycles. The van der Waals surface area contributed by atoms with Crippen LogP contribution in [0.2, 0.25) is 0 Å². The van der Waals surface area contributed by atoms with E-state index in [0.717, 1.165) is 11.5 Å². The van der Waals surface area contributed by atoms with E-state index >= 15 is 0 Å². The molecule has 0 saturated carbocycles. The van der Waals surface area contributed by atoms with Crippen molar-refractivity contribution in [3.8, 4) is 11.8 Å². The van der Waals surface area contributed by atoms with E-state index in [1.807, 2.05) is 30.3 Å². The summed E-state index contributed by atoms with van der Waals surface area (Å²) in [5.74, 6) is 2.65. The van der Waals surface area contributed by atoms with Crippen LogP contribution in [-0.4, -0.2) is 24.0 Å². The summed E-state index contributed by atoms with van der Waals surface area (Å²) in [6.45, 7) is -0.0242. The van der Waals surface area contributed by atoms with E-state index in [1.165, 1.54) is 0 Å². The van der Waals surface area contributed by atoms with E-state index in [1.54, 1.807) is 5.92 Å². The second-order valence-electron chi connectivity index (χ2n) is 3.28. The number of ether oxygens (including phenoxy) is 1. The van der Waals surface area contributed by atoms with Crippen LogP contribution in [-0.2, 0) is 11.3 Å². The molecule has 0 aliphatic carbocycles. The zero-order chi connectivity index (χ0) is 12.7. The van der Waals surface area contributed by atoms with Crippen molar-refractivity contribution in [2.75, 3.05) is 6.61 Å². The Morgan fingerprint density at radius 2 is 1.88 bits per heavy atom. The van der Waals surface area contributed by atoms with Crippen LogP contribution >= 0.6 is 0 Å². The highest BCUT2D eigenvalue weighted by molar-refractivity contribution is 5.13. The molecule has 1 rings (SSSR count). The summed E-state index contributed by atoms with van der Waals surface area (Å²) in [5, 5.41) is 9.09. The van der Waals surface area contributed by atoms with Crippen LogP contribution in [0.15, 0.2) is 30.3 Å². The number of halogens is 3. The maximum Gasteiger partial charge on any atom is 0.457 e. The number of aliphatic hydroxyl groups is 1. The SMILES string of the molecule is O[C@@H](C#CC(F)(F)F)COCc1ccccc1. The van der Waals surface area contributed by atoms with Gasteiger partial charge < -0.3 is 9.84 Å². The third-order valence-corrected chi connectivity index (χ3v) is 1.77. The van der Waals surface area contributed by atoms with Gasteiger partial charge in [-0.1, -0.05) is 36.3 Å². The monoisotopic (exact) mass is 244 g/mol. The van der Waals surface area contributed by atoms with Gasteiger partial charge in [-0.2, -0.15) is 13.2 Å². The van der Waals surface area contributed by atoms with Gasteiger partial charge in [-0.25, -0.2) is 0 Å². The van der Waals surface area contributed by atoms with Gasteiger partial charge in [0.15, 0.2) is 0 Å². The molecule has 0 heterocycles. The molecule has 0 fully saturated rings. The summed E-state index contributed by atoms with van der Waals surface area (Å²) in [4.78, 5) is 0. The van der Waals surface area contributed by atoms with Crippen molar-refractivity contribution in [1.29, 1.82) is 0 Å². The topological polar surface area (TPSA) is 29.5 Å². The number of alkyl halides is 3. The van der Waals surface area contributed by atoms with Gasteiger partial charge in [-0.15, -0.1) is 0 Å². The van der Waals surface area contributed by atoms with Crippen LogP contribution < -0.4 is 0 Å². The average molecular weight is 244 g/mol. The van der Waals surface area contributed by atoms with E-state index in [4.69, 9.17) is 9.84 Å². The number of hydrogen-bond donors (Lipinski definition) is 1. The van der Waals surface area contributed by atoms with Gasteiger partial charge in [0.05, 0.1) is 13.2 Å². The van der Waals surface area contributed by atoms with Gasteiger partial charge in [0.25, 0.3) is 0 Å². The summed E-state index contributed by atoms with van der Waals surface area (Å²) < 4.78 is 40.1. The first-order valence-electron chi connectivity index (χ1n) is 4.86. The van der Waals surface area contributed by atoms with Gasteiger partial charge in [0, 0.05) is 5.92 Å². The predicted molar refractivity (Wildman–Crippen MR) is 55.9 cm³/mol. The van der Waals surface area contributed by atoms with E-state index in [9.17, 15) is 13.2 Å². The largest absolute Gasteiger partial charge is 0.457 e. The lowest BCUT2D eigenvalue weighted by atomic mass is 10.2. The fraction of sp³-hybridized carbons (Fsp3) is 0.333. The van der Waals surface area contributed by atoms with Gasteiger partial charge in [-0.3, -0.25) is 0 Å². The minimum atomic E-state index is -4.58. The fourth-order valence-electron chi connectivity index (χ4n) is 1.07.